The zero-order chi connectivity index (χ0) is 42.4. The SMILES string of the molecule is C=CCn1c(=O)n([C@@H]2O[C@H](CO)[C@H]3OC(c4cccc(OCc5ccc(NC(=O)[C@H](CCCCN)CC(=O)[C@@H](NC(C)=O)C(C)C)cc5)c4)O[C@H]32)c2nc(C)[nH]c(=O)c21. The molecule has 2 aromatic carbocycles. The van der Waals surface area contributed by atoms with Crippen molar-refractivity contribution < 1.29 is 38.4 Å². The van der Waals surface area contributed by atoms with Gasteiger partial charge in [-0.1, -0.05) is 50.6 Å². The number of aliphatic hydroxyl groups is 1. The van der Waals surface area contributed by atoms with Gasteiger partial charge in [0.15, 0.2) is 29.5 Å². The maximum absolute atomic E-state index is 13.7. The lowest BCUT2D eigenvalue weighted by Crippen LogP contribution is -2.44. The molecule has 0 saturated carbocycles. The Morgan fingerprint density at radius 1 is 1.08 bits per heavy atom. The van der Waals surface area contributed by atoms with Crippen LogP contribution in [0.3, 0.4) is 0 Å². The molecule has 2 saturated heterocycles. The van der Waals surface area contributed by atoms with Crippen LogP contribution >= 0.6 is 0 Å². The summed E-state index contributed by atoms with van der Waals surface area (Å²) in [5, 5.41) is 15.9. The maximum Gasteiger partial charge on any atom is 0.333 e. The maximum atomic E-state index is 13.7. The van der Waals surface area contributed by atoms with Crippen molar-refractivity contribution in [3.63, 3.8) is 0 Å². The third-order valence-electron chi connectivity index (χ3n) is 10.5. The van der Waals surface area contributed by atoms with Crippen LogP contribution in [-0.4, -0.2) is 79.3 Å². The molecule has 2 aliphatic heterocycles. The van der Waals surface area contributed by atoms with Crippen molar-refractivity contribution in [1.29, 1.82) is 0 Å². The van der Waals surface area contributed by atoms with E-state index in [0.717, 1.165) is 12.0 Å². The number of unbranched alkanes of at least 4 members (excludes halogenated alkanes) is 1. The van der Waals surface area contributed by atoms with Gasteiger partial charge in [0, 0.05) is 37.1 Å². The number of benzene rings is 2. The van der Waals surface area contributed by atoms with E-state index in [9.17, 15) is 29.1 Å². The molecule has 7 atom stereocenters. The monoisotopic (exact) mass is 815 g/mol. The number of carbonyl (C=O) groups is 3. The summed E-state index contributed by atoms with van der Waals surface area (Å²) in [6.45, 7) is 10.8. The molecule has 2 aromatic heterocycles. The van der Waals surface area contributed by atoms with Gasteiger partial charge in [-0.2, -0.15) is 0 Å². The summed E-state index contributed by atoms with van der Waals surface area (Å²) in [4.78, 5) is 72.1. The molecule has 0 bridgehead atoms. The summed E-state index contributed by atoms with van der Waals surface area (Å²) in [7, 11) is 0. The van der Waals surface area contributed by atoms with Gasteiger partial charge in [-0.05, 0) is 62.1 Å². The Hall–Kier alpha value is -5.46. The first-order valence-corrected chi connectivity index (χ1v) is 19.9. The van der Waals surface area contributed by atoms with Gasteiger partial charge in [0.2, 0.25) is 11.8 Å². The van der Waals surface area contributed by atoms with Gasteiger partial charge in [-0.15, -0.1) is 6.58 Å². The van der Waals surface area contributed by atoms with E-state index in [-0.39, 0.29) is 54.3 Å². The minimum absolute atomic E-state index is 0.0000967. The zero-order valence-corrected chi connectivity index (χ0v) is 33.7. The van der Waals surface area contributed by atoms with Crippen molar-refractivity contribution in [2.75, 3.05) is 18.5 Å². The fourth-order valence-electron chi connectivity index (χ4n) is 7.58. The number of nitrogens with zero attached hydrogens (tertiary/aromatic N) is 3. The first kappa shape index (κ1) is 43.1. The number of hydrogen-bond acceptors (Lipinski definition) is 12. The molecule has 6 N–H and O–H groups in total. The lowest BCUT2D eigenvalue weighted by Gasteiger charge is -2.23. The topological polar surface area (TPSA) is 231 Å². The Morgan fingerprint density at radius 3 is 2.51 bits per heavy atom. The minimum Gasteiger partial charge on any atom is -0.489 e. The summed E-state index contributed by atoms with van der Waals surface area (Å²) in [6, 6.07) is 13.7. The number of amides is 2. The van der Waals surface area contributed by atoms with Gasteiger partial charge in [-0.3, -0.25) is 23.7 Å². The number of aryl methyl sites for hydroxylation is 1. The number of imidazole rings is 1. The highest BCUT2D eigenvalue weighted by Gasteiger charge is 2.54. The average Bonchev–Trinajstić information content (AvgIpc) is 3.86. The van der Waals surface area contributed by atoms with E-state index in [1.54, 1.807) is 37.3 Å². The van der Waals surface area contributed by atoms with Crippen LogP contribution in [0.25, 0.3) is 11.2 Å². The van der Waals surface area contributed by atoms with E-state index in [1.807, 2.05) is 32.0 Å². The number of fused-ring (bicyclic) bond motifs is 2. The van der Waals surface area contributed by atoms with Gasteiger partial charge in [0.1, 0.15) is 36.5 Å². The molecule has 17 heteroatoms. The molecule has 2 aliphatic rings. The van der Waals surface area contributed by atoms with Crippen molar-refractivity contribution >= 4 is 34.4 Å². The van der Waals surface area contributed by atoms with Crippen LogP contribution < -0.4 is 32.4 Å². The van der Waals surface area contributed by atoms with Crippen LogP contribution in [0.4, 0.5) is 5.69 Å². The Morgan fingerprint density at radius 2 is 1.83 bits per heavy atom. The number of allylic oxidation sites excluding steroid dienone is 1. The predicted octanol–water partition coefficient (Wildman–Crippen LogP) is 3.14. The number of ketones is 1. The van der Waals surface area contributed by atoms with Crippen LogP contribution in [-0.2, 0) is 41.7 Å². The van der Waals surface area contributed by atoms with E-state index in [1.165, 1.54) is 22.1 Å². The van der Waals surface area contributed by atoms with Crippen molar-refractivity contribution in [3.05, 3.63) is 99.0 Å². The number of aromatic amines is 1. The Bertz CT molecular complexity index is 2270. The second-order valence-electron chi connectivity index (χ2n) is 15.3. The number of ether oxygens (including phenoxy) is 4. The number of hydrogen-bond donors (Lipinski definition) is 5. The molecule has 0 radical (unpaired) electrons. The molecular weight excluding hydrogens is 763 g/mol. The molecule has 6 rings (SSSR count). The lowest BCUT2D eigenvalue weighted by molar-refractivity contribution is -0.154. The summed E-state index contributed by atoms with van der Waals surface area (Å²) in [5.41, 5.74) is 6.87. The van der Waals surface area contributed by atoms with Crippen molar-refractivity contribution in [2.24, 2.45) is 17.6 Å². The Kier molecular flexibility index (Phi) is 13.9. The second kappa shape index (κ2) is 19.1. The number of nitrogens with one attached hydrogen (secondary N) is 3. The largest absolute Gasteiger partial charge is 0.489 e. The van der Waals surface area contributed by atoms with Crippen LogP contribution in [0.1, 0.15) is 75.9 Å². The van der Waals surface area contributed by atoms with Crippen LogP contribution in [0.15, 0.2) is 70.8 Å². The molecule has 59 heavy (non-hydrogen) atoms. The first-order valence-electron chi connectivity index (χ1n) is 19.9. The summed E-state index contributed by atoms with van der Waals surface area (Å²) in [5.74, 6) is -0.631. The molecule has 2 amide bonds. The minimum atomic E-state index is -1.05. The van der Waals surface area contributed by atoms with E-state index in [2.05, 4.69) is 27.2 Å². The highest BCUT2D eigenvalue weighted by molar-refractivity contribution is 5.97. The van der Waals surface area contributed by atoms with E-state index in [0.29, 0.717) is 42.2 Å². The molecule has 316 valence electrons. The highest BCUT2D eigenvalue weighted by atomic mass is 16.8. The van der Waals surface area contributed by atoms with Gasteiger partial charge in [-0.25, -0.2) is 14.3 Å². The quantitative estimate of drug-likeness (QED) is 0.0679. The number of aliphatic hydroxyl groups excluding tert-OH is 1. The fraction of sp³-hybridized carbons (Fsp3) is 0.476. The zero-order valence-electron chi connectivity index (χ0n) is 33.7. The molecule has 2 fully saturated rings. The predicted molar refractivity (Wildman–Crippen MR) is 217 cm³/mol. The summed E-state index contributed by atoms with van der Waals surface area (Å²) >= 11 is 0. The van der Waals surface area contributed by atoms with Gasteiger partial charge in [0.05, 0.1) is 12.6 Å². The fourth-order valence-corrected chi connectivity index (χ4v) is 7.58. The third-order valence-corrected chi connectivity index (χ3v) is 10.5. The molecule has 17 nitrogen and oxygen atoms in total. The van der Waals surface area contributed by atoms with Crippen molar-refractivity contribution in [3.8, 4) is 5.75 Å². The first-order chi connectivity index (χ1) is 28.3. The molecule has 0 spiro atoms. The standard InChI is InChI=1S/C42H53N7O10/c1-6-18-48-34-37(44-24(4)45-39(34)54)49(42(48)55)40-36-35(32(21-50)57-40)58-41(59-36)28-11-9-12-30(19-28)56-22-26-13-15-29(16-14-26)47-38(53)27(10-7-8-17-43)20-31(52)33(23(2)3)46-25(5)51/h6,9,11-16,19,23,27,32-33,35-36,40-41,50H,1,7-8,10,17-18,20-22,43H2,2-5H3,(H,46,51)(H,47,53)(H,44,45,54)/t27-,32-,33+,35-,36-,40-,41?/m1/s1. The lowest BCUT2D eigenvalue weighted by atomic mass is 9.89. The molecule has 4 heterocycles. The molecule has 1 unspecified atom stereocenters. The van der Waals surface area contributed by atoms with Gasteiger partial charge in [0.25, 0.3) is 5.56 Å². The number of aromatic nitrogens is 4. The van der Waals surface area contributed by atoms with Crippen molar-refractivity contribution in [2.45, 2.75) is 103 Å². The smallest absolute Gasteiger partial charge is 0.333 e. The Labute approximate surface area is 340 Å². The molecule has 4 aromatic rings. The number of H-pyrrole nitrogens is 1. The third kappa shape index (κ3) is 9.71. The number of carbonyl (C=O) groups excluding carboxylic acids is 3. The summed E-state index contributed by atoms with van der Waals surface area (Å²) in [6.07, 6.45) is -0.932. The molecule has 0 aliphatic carbocycles. The van der Waals surface area contributed by atoms with E-state index < -0.39 is 60.6 Å². The average molecular weight is 816 g/mol. The number of nitrogens with two attached hydrogens (primary N) is 1. The number of Topliss-reactive ketones (excluding diaryl/α,β-unsaturated/α-hetero) is 1. The number of rotatable bonds is 19. The highest BCUT2D eigenvalue weighted by Crippen LogP contribution is 2.44. The normalized spacial score (nSPS) is 21.0. The van der Waals surface area contributed by atoms with E-state index in [4.69, 9.17) is 24.7 Å². The van der Waals surface area contributed by atoms with E-state index >= 15 is 0 Å². The van der Waals surface area contributed by atoms with Gasteiger partial charge >= 0.3 is 5.69 Å². The number of anilines is 1. The second-order valence-corrected chi connectivity index (χ2v) is 15.3. The van der Waals surface area contributed by atoms with Crippen molar-refractivity contribution in [1.82, 2.24) is 24.4 Å². The van der Waals surface area contributed by atoms with Crippen LogP contribution in [0.5, 0.6) is 5.75 Å². The van der Waals surface area contributed by atoms with Gasteiger partial charge < -0.3 is 45.4 Å². The Balaban J connectivity index is 1.10. The summed E-state index contributed by atoms with van der Waals surface area (Å²) < 4.78 is 27.4. The van der Waals surface area contributed by atoms with Crippen LogP contribution in [0, 0.1) is 18.8 Å². The molecular formula is C42H53N7O10. The van der Waals surface area contributed by atoms with Crippen LogP contribution in [0.2, 0.25) is 0 Å².